The summed E-state index contributed by atoms with van der Waals surface area (Å²) in [6.07, 6.45) is 9.57. The van der Waals surface area contributed by atoms with Crippen LogP contribution in [0, 0.1) is 0 Å². The molecule has 5 aromatic carbocycles. The zero-order valence-electron chi connectivity index (χ0n) is 24.1. The van der Waals surface area contributed by atoms with Crippen LogP contribution in [0.25, 0.3) is 75.2 Å². The van der Waals surface area contributed by atoms with Crippen molar-refractivity contribution < 1.29 is 4.42 Å². The van der Waals surface area contributed by atoms with Gasteiger partial charge in [0.25, 0.3) is 0 Å². The molecule has 9 rings (SSSR count). The molecule has 1 aliphatic carbocycles. The van der Waals surface area contributed by atoms with Gasteiger partial charge in [-0.1, -0.05) is 99.3 Å². The molecule has 43 heavy (non-hydrogen) atoms. The second-order valence-corrected chi connectivity index (χ2v) is 13.4. The van der Waals surface area contributed by atoms with Crippen molar-refractivity contribution in [3.8, 4) is 5.69 Å². The second kappa shape index (κ2) is 8.82. The number of furan rings is 1. The first-order chi connectivity index (χ1) is 21.0. The molecule has 0 bridgehead atoms. The first kappa shape index (κ1) is 24.7. The predicted molar refractivity (Wildman–Crippen MR) is 186 cm³/mol. The molecule has 3 heterocycles. The van der Waals surface area contributed by atoms with Gasteiger partial charge in [-0.15, -0.1) is 11.3 Å². The lowest BCUT2D eigenvalue weighted by molar-refractivity contribution is 0.535. The largest absolute Gasteiger partial charge is 0.455 e. The van der Waals surface area contributed by atoms with Crippen molar-refractivity contribution in [2.45, 2.75) is 25.7 Å². The molecule has 1 aliphatic rings. The summed E-state index contributed by atoms with van der Waals surface area (Å²) in [5, 5.41) is 7.40. The molecule has 0 radical (unpaired) electrons. The number of para-hydroxylation sites is 2. The van der Waals surface area contributed by atoms with E-state index in [1.54, 1.807) is 0 Å². The smallest absolute Gasteiger partial charge is 0.144 e. The van der Waals surface area contributed by atoms with Gasteiger partial charge in [0.15, 0.2) is 0 Å². The molecular formula is C40H29NOS. The molecule has 2 nitrogen and oxygen atoms in total. The van der Waals surface area contributed by atoms with Crippen molar-refractivity contribution >= 4 is 80.8 Å². The number of hydrogen-bond acceptors (Lipinski definition) is 2. The molecule has 0 unspecified atom stereocenters. The maximum absolute atomic E-state index is 6.80. The highest BCUT2D eigenvalue weighted by Gasteiger charge is 2.34. The van der Waals surface area contributed by atoms with Gasteiger partial charge in [-0.3, -0.25) is 0 Å². The van der Waals surface area contributed by atoms with Crippen molar-refractivity contribution in [2.75, 3.05) is 0 Å². The van der Waals surface area contributed by atoms with Crippen LogP contribution in [0.15, 0.2) is 126 Å². The van der Waals surface area contributed by atoms with E-state index in [1.165, 1.54) is 58.6 Å². The highest BCUT2D eigenvalue weighted by Crippen LogP contribution is 2.51. The van der Waals surface area contributed by atoms with E-state index in [1.807, 2.05) is 11.3 Å². The molecule has 206 valence electrons. The maximum atomic E-state index is 6.80. The molecule has 3 aromatic heterocycles. The molecule has 0 fully saturated rings. The van der Waals surface area contributed by atoms with Crippen LogP contribution in [-0.2, 0) is 5.41 Å². The summed E-state index contributed by atoms with van der Waals surface area (Å²) in [6.45, 7) is 9.35. The zero-order chi connectivity index (χ0) is 28.9. The SMILES string of the molecule is C=C1/C=C\C=C/CC(C)(C)c2c1c1oc3ccccc3c1c1c3ccccc3n(-c3ccc4sc5ccccc5c4c3)c21. The molecule has 8 aromatic rings. The summed E-state index contributed by atoms with van der Waals surface area (Å²) in [5.41, 5.74) is 8.60. The van der Waals surface area contributed by atoms with Gasteiger partial charge in [0, 0.05) is 53.0 Å². The normalized spacial score (nSPS) is 16.7. The Morgan fingerprint density at radius 3 is 2.40 bits per heavy atom. The summed E-state index contributed by atoms with van der Waals surface area (Å²) >= 11 is 1.86. The Bertz CT molecular complexity index is 2530. The van der Waals surface area contributed by atoms with E-state index in [0.29, 0.717) is 0 Å². The summed E-state index contributed by atoms with van der Waals surface area (Å²) in [6, 6.07) is 33.0. The maximum Gasteiger partial charge on any atom is 0.144 e. The fraction of sp³-hybridized carbons (Fsp3) is 0.100. The van der Waals surface area contributed by atoms with Gasteiger partial charge in [0.1, 0.15) is 11.2 Å². The monoisotopic (exact) mass is 571 g/mol. The number of fused-ring (bicyclic) bond motifs is 13. The van der Waals surface area contributed by atoms with Crippen molar-refractivity contribution in [1.82, 2.24) is 4.57 Å². The Morgan fingerprint density at radius 2 is 1.51 bits per heavy atom. The molecule has 0 atom stereocenters. The minimum atomic E-state index is -0.197. The molecule has 0 N–H and O–H groups in total. The van der Waals surface area contributed by atoms with Crippen LogP contribution in [0.1, 0.15) is 31.4 Å². The first-order valence-electron chi connectivity index (χ1n) is 14.9. The third-order valence-electron chi connectivity index (χ3n) is 9.22. The Morgan fingerprint density at radius 1 is 0.767 bits per heavy atom. The lowest BCUT2D eigenvalue weighted by Gasteiger charge is -2.29. The van der Waals surface area contributed by atoms with Crippen LogP contribution in [0.4, 0.5) is 0 Å². The first-order valence-corrected chi connectivity index (χ1v) is 15.7. The number of rotatable bonds is 1. The average Bonchev–Trinajstić information content (AvgIpc) is 3.69. The topological polar surface area (TPSA) is 18.1 Å². The van der Waals surface area contributed by atoms with Crippen LogP contribution in [0.3, 0.4) is 0 Å². The van der Waals surface area contributed by atoms with E-state index in [9.17, 15) is 0 Å². The zero-order valence-corrected chi connectivity index (χ0v) is 25.0. The van der Waals surface area contributed by atoms with E-state index in [2.05, 4.69) is 140 Å². The minimum Gasteiger partial charge on any atom is -0.455 e. The van der Waals surface area contributed by atoms with E-state index in [-0.39, 0.29) is 5.41 Å². The number of allylic oxidation sites excluding steroid dienone is 5. The van der Waals surface area contributed by atoms with Gasteiger partial charge in [0.05, 0.1) is 11.0 Å². The van der Waals surface area contributed by atoms with E-state index in [4.69, 9.17) is 4.42 Å². The molecule has 0 saturated heterocycles. The fourth-order valence-corrected chi connectivity index (χ4v) is 8.40. The van der Waals surface area contributed by atoms with Crippen molar-refractivity contribution in [3.05, 3.63) is 133 Å². The van der Waals surface area contributed by atoms with Crippen molar-refractivity contribution in [3.63, 3.8) is 0 Å². The Kier molecular flexibility index (Phi) is 5.07. The van der Waals surface area contributed by atoms with Gasteiger partial charge < -0.3 is 8.98 Å². The Labute approximate surface area is 253 Å². The molecule has 0 aliphatic heterocycles. The number of nitrogens with zero attached hydrogens (tertiary/aromatic N) is 1. The van der Waals surface area contributed by atoms with Crippen molar-refractivity contribution in [1.29, 1.82) is 0 Å². The summed E-state index contributed by atoms with van der Waals surface area (Å²) < 4.78 is 11.9. The van der Waals surface area contributed by atoms with Crippen LogP contribution < -0.4 is 0 Å². The average molecular weight is 572 g/mol. The van der Waals surface area contributed by atoms with E-state index in [0.717, 1.165) is 34.1 Å². The second-order valence-electron chi connectivity index (χ2n) is 12.3. The van der Waals surface area contributed by atoms with E-state index < -0.39 is 0 Å². The number of aromatic nitrogens is 1. The number of thiophene rings is 1. The fourth-order valence-electron chi connectivity index (χ4n) is 7.32. The predicted octanol–water partition coefficient (Wildman–Crippen LogP) is 11.9. The molecule has 0 spiro atoms. The van der Waals surface area contributed by atoms with Gasteiger partial charge in [-0.25, -0.2) is 0 Å². The molecule has 0 saturated carbocycles. The number of benzene rings is 5. The van der Waals surface area contributed by atoms with E-state index >= 15 is 0 Å². The summed E-state index contributed by atoms with van der Waals surface area (Å²) in [7, 11) is 0. The summed E-state index contributed by atoms with van der Waals surface area (Å²) in [5.74, 6) is 0. The lowest BCUT2D eigenvalue weighted by atomic mass is 9.76. The van der Waals surface area contributed by atoms with Crippen molar-refractivity contribution in [2.24, 2.45) is 0 Å². The summed E-state index contributed by atoms with van der Waals surface area (Å²) in [4.78, 5) is 0. The minimum absolute atomic E-state index is 0.197. The third kappa shape index (κ3) is 3.40. The van der Waals surface area contributed by atoms with Crippen LogP contribution in [-0.4, -0.2) is 4.57 Å². The van der Waals surface area contributed by atoms with Gasteiger partial charge in [0.2, 0.25) is 0 Å². The molecule has 0 amide bonds. The lowest BCUT2D eigenvalue weighted by Crippen LogP contribution is -2.20. The molecule has 3 heteroatoms. The van der Waals surface area contributed by atoms with Crippen LogP contribution >= 0.6 is 11.3 Å². The van der Waals surface area contributed by atoms with Gasteiger partial charge in [-0.05, 0) is 59.4 Å². The van der Waals surface area contributed by atoms with Crippen LogP contribution in [0.2, 0.25) is 0 Å². The highest BCUT2D eigenvalue weighted by molar-refractivity contribution is 7.25. The standard InChI is InChI=1S/C40H29NOS/c1-24-13-5-4-12-22-40(2,3)37-34(24)39-36(28-16-7-10-18-31(28)42-39)35-27-15-6-9-17-30(27)41(38(35)37)25-20-21-33-29(23-25)26-14-8-11-19-32(26)43-33/h4-21,23H,1,22H2,2-3H3/b12-4-,13-5-. The highest BCUT2D eigenvalue weighted by atomic mass is 32.1. The molecular weight excluding hydrogens is 543 g/mol. The van der Waals surface area contributed by atoms with Crippen LogP contribution in [0.5, 0.6) is 0 Å². The Hall–Kier alpha value is -4.86. The quantitative estimate of drug-likeness (QED) is 0.192. The number of hydrogen-bond donors (Lipinski definition) is 0. The third-order valence-corrected chi connectivity index (χ3v) is 10.4. The Balaban J connectivity index is 1.56. The van der Waals surface area contributed by atoms with Gasteiger partial charge in [-0.2, -0.15) is 0 Å². The van der Waals surface area contributed by atoms with Gasteiger partial charge >= 0.3 is 0 Å².